The van der Waals surface area contributed by atoms with Crippen molar-refractivity contribution in [3.63, 3.8) is 0 Å². The van der Waals surface area contributed by atoms with Crippen molar-refractivity contribution in [2.24, 2.45) is 0 Å². The van der Waals surface area contributed by atoms with Gasteiger partial charge in [-0.25, -0.2) is 4.79 Å². The lowest BCUT2D eigenvalue weighted by Crippen LogP contribution is -2.33. The second-order valence-corrected chi connectivity index (χ2v) is 4.90. The van der Waals surface area contributed by atoms with E-state index < -0.39 is 11.9 Å². The lowest BCUT2D eigenvalue weighted by Gasteiger charge is -2.14. The van der Waals surface area contributed by atoms with E-state index in [4.69, 9.17) is 12.2 Å². The third-order valence-corrected chi connectivity index (χ3v) is 3.08. The zero-order valence-electron chi connectivity index (χ0n) is 12.9. The van der Waals surface area contributed by atoms with Gasteiger partial charge in [-0.2, -0.15) is 0 Å². The molecule has 0 saturated heterocycles. The predicted molar refractivity (Wildman–Crippen MR) is 90.7 cm³/mol. The molecule has 0 aliphatic rings. The monoisotopic (exact) mass is 320 g/mol. The zero-order valence-corrected chi connectivity index (χ0v) is 13.8. The number of aryl methyl sites for hydroxylation is 2. The van der Waals surface area contributed by atoms with Crippen LogP contribution in [0.4, 0.5) is 5.69 Å². The first-order valence-electron chi connectivity index (χ1n) is 7.03. The zero-order chi connectivity index (χ0) is 16.5. The smallest absolute Gasteiger partial charge is 0.330 e. The molecule has 0 atom stereocenters. The molecule has 0 spiro atoms. The lowest BCUT2D eigenvalue weighted by atomic mass is 10.1. The third kappa shape index (κ3) is 5.65. The van der Waals surface area contributed by atoms with Gasteiger partial charge in [0, 0.05) is 17.8 Å². The highest BCUT2D eigenvalue weighted by atomic mass is 32.1. The molecule has 1 aromatic carbocycles. The molecule has 22 heavy (non-hydrogen) atoms. The fraction of sp³-hybridized carbons (Fsp3) is 0.312. The molecule has 0 fully saturated rings. The second kappa shape index (κ2) is 8.94. The Bertz CT molecular complexity index is 597. The van der Waals surface area contributed by atoms with Crippen LogP contribution in [0.15, 0.2) is 30.4 Å². The van der Waals surface area contributed by atoms with Crippen LogP contribution >= 0.6 is 12.2 Å². The van der Waals surface area contributed by atoms with Gasteiger partial charge in [0.2, 0.25) is 5.91 Å². The molecule has 5 nitrogen and oxygen atoms in total. The molecule has 1 amide bonds. The first-order chi connectivity index (χ1) is 10.5. The Morgan fingerprint density at radius 2 is 2.00 bits per heavy atom. The molecule has 0 aromatic heterocycles. The number of hydrogen-bond donors (Lipinski definition) is 2. The average molecular weight is 320 g/mol. The van der Waals surface area contributed by atoms with Crippen molar-refractivity contribution in [1.82, 2.24) is 5.32 Å². The van der Waals surface area contributed by atoms with Crippen LogP contribution in [0.5, 0.6) is 0 Å². The van der Waals surface area contributed by atoms with E-state index in [0.29, 0.717) is 0 Å². The standard InChI is InChI=1S/C16H20N2O3S/c1-4-12-8-6-7-11(3)15(12)18-16(22)17-13(19)9-10-14(20)21-5-2/h6-10H,4-5H2,1-3H3,(H2,17,18,19,22). The molecule has 2 N–H and O–H groups in total. The Hall–Kier alpha value is -2.21. The van der Waals surface area contributed by atoms with E-state index in [1.165, 1.54) is 0 Å². The SMILES string of the molecule is CCOC(=O)C=CC(=O)NC(=S)Nc1c(C)cccc1CC. The van der Waals surface area contributed by atoms with Crippen molar-refractivity contribution in [3.8, 4) is 0 Å². The van der Waals surface area contributed by atoms with Crippen molar-refractivity contribution in [3.05, 3.63) is 41.5 Å². The number of carbonyl (C=O) groups is 2. The Labute approximate surface area is 135 Å². The van der Waals surface area contributed by atoms with Crippen molar-refractivity contribution >= 4 is 34.9 Å². The summed E-state index contributed by atoms with van der Waals surface area (Å²) in [4.78, 5) is 22.8. The fourth-order valence-electron chi connectivity index (χ4n) is 1.83. The molecule has 118 valence electrons. The Morgan fingerprint density at radius 1 is 1.27 bits per heavy atom. The maximum Gasteiger partial charge on any atom is 0.330 e. The number of thiocarbonyl (C=S) groups is 1. The summed E-state index contributed by atoms with van der Waals surface area (Å²) in [6.07, 6.45) is 3.00. The van der Waals surface area contributed by atoms with E-state index in [1.807, 2.05) is 32.0 Å². The van der Waals surface area contributed by atoms with Crippen molar-refractivity contribution in [2.45, 2.75) is 27.2 Å². The summed E-state index contributed by atoms with van der Waals surface area (Å²) in [5, 5.41) is 5.70. The molecule has 1 aromatic rings. The topological polar surface area (TPSA) is 67.4 Å². The number of anilines is 1. The molecular formula is C16H20N2O3S. The van der Waals surface area contributed by atoms with Gasteiger partial charge in [-0.05, 0) is 43.6 Å². The van der Waals surface area contributed by atoms with Crippen molar-refractivity contribution in [2.75, 3.05) is 11.9 Å². The number of nitrogens with one attached hydrogen (secondary N) is 2. The van der Waals surface area contributed by atoms with Gasteiger partial charge in [-0.1, -0.05) is 25.1 Å². The third-order valence-electron chi connectivity index (χ3n) is 2.87. The minimum absolute atomic E-state index is 0.183. The van der Waals surface area contributed by atoms with Crippen LogP contribution in [0.2, 0.25) is 0 Å². The second-order valence-electron chi connectivity index (χ2n) is 4.49. The molecule has 0 saturated carbocycles. The Morgan fingerprint density at radius 3 is 2.64 bits per heavy atom. The maximum atomic E-state index is 11.7. The van der Waals surface area contributed by atoms with E-state index in [2.05, 4.69) is 15.4 Å². The minimum atomic E-state index is -0.566. The molecule has 0 radical (unpaired) electrons. The highest BCUT2D eigenvalue weighted by Crippen LogP contribution is 2.20. The summed E-state index contributed by atoms with van der Waals surface area (Å²) < 4.78 is 4.68. The first kappa shape index (κ1) is 17.8. The summed E-state index contributed by atoms with van der Waals surface area (Å²) in [6, 6.07) is 5.94. The molecule has 0 heterocycles. The minimum Gasteiger partial charge on any atom is -0.463 e. The van der Waals surface area contributed by atoms with E-state index in [9.17, 15) is 9.59 Å². The molecule has 1 rings (SSSR count). The van der Waals surface area contributed by atoms with E-state index >= 15 is 0 Å². The highest BCUT2D eigenvalue weighted by Gasteiger charge is 2.07. The van der Waals surface area contributed by atoms with Gasteiger partial charge in [0.15, 0.2) is 5.11 Å². The largest absolute Gasteiger partial charge is 0.463 e. The van der Waals surface area contributed by atoms with Gasteiger partial charge in [0.05, 0.1) is 6.61 Å². The molecule has 0 unspecified atom stereocenters. The summed E-state index contributed by atoms with van der Waals surface area (Å²) in [5.41, 5.74) is 3.04. The number of carbonyl (C=O) groups excluding carboxylic acids is 2. The summed E-state index contributed by atoms with van der Waals surface area (Å²) in [7, 11) is 0. The number of amides is 1. The first-order valence-corrected chi connectivity index (χ1v) is 7.44. The van der Waals surface area contributed by atoms with E-state index in [1.54, 1.807) is 6.92 Å². The average Bonchev–Trinajstić information content (AvgIpc) is 2.47. The van der Waals surface area contributed by atoms with Crippen LogP contribution in [0, 0.1) is 6.92 Å². The van der Waals surface area contributed by atoms with Crippen LogP contribution in [0.25, 0.3) is 0 Å². The van der Waals surface area contributed by atoms with Crippen LogP contribution in [0.1, 0.15) is 25.0 Å². The van der Waals surface area contributed by atoms with Crippen LogP contribution < -0.4 is 10.6 Å². The number of esters is 1. The van der Waals surface area contributed by atoms with Crippen molar-refractivity contribution < 1.29 is 14.3 Å². The van der Waals surface area contributed by atoms with Gasteiger partial charge in [-0.15, -0.1) is 0 Å². The molecule has 0 aliphatic heterocycles. The van der Waals surface area contributed by atoms with Gasteiger partial charge in [0.1, 0.15) is 0 Å². The van der Waals surface area contributed by atoms with Crippen LogP contribution in [-0.4, -0.2) is 23.6 Å². The summed E-state index contributed by atoms with van der Waals surface area (Å²) >= 11 is 5.12. The van der Waals surface area contributed by atoms with E-state index in [-0.39, 0.29) is 11.7 Å². The molecule has 0 aliphatic carbocycles. The van der Waals surface area contributed by atoms with Crippen molar-refractivity contribution in [1.29, 1.82) is 0 Å². The normalized spacial score (nSPS) is 10.3. The van der Waals surface area contributed by atoms with Crippen LogP contribution in [0.3, 0.4) is 0 Å². The Kier molecular flexibility index (Phi) is 7.25. The predicted octanol–water partition coefficient (Wildman–Crippen LogP) is 2.49. The van der Waals surface area contributed by atoms with Gasteiger partial charge in [0.25, 0.3) is 0 Å². The highest BCUT2D eigenvalue weighted by molar-refractivity contribution is 7.80. The van der Waals surface area contributed by atoms with Gasteiger partial charge < -0.3 is 10.1 Å². The molecule has 6 heteroatoms. The maximum absolute atomic E-state index is 11.7. The summed E-state index contributed by atoms with van der Waals surface area (Å²) in [6.45, 7) is 5.96. The quantitative estimate of drug-likeness (QED) is 0.496. The molecular weight excluding hydrogens is 300 g/mol. The number of rotatable bonds is 5. The number of ether oxygens (including phenoxy) is 1. The lowest BCUT2D eigenvalue weighted by molar-refractivity contribution is -0.137. The number of para-hydroxylation sites is 1. The van der Waals surface area contributed by atoms with E-state index in [0.717, 1.165) is 35.4 Å². The van der Waals surface area contributed by atoms with Gasteiger partial charge >= 0.3 is 5.97 Å². The fourth-order valence-corrected chi connectivity index (χ4v) is 2.04. The number of hydrogen-bond acceptors (Lipinski definition) is 4. The molecule has 0 bridgehead atoms. The summed E-state index contributed by atoms with van der Waals surface area (Å²) in [5.74, 6) is -1.05. The van der Waals surface area contributed by atoms with Gasteiger partial charge in [-0.3, -0.25) is 10.1 Å². The van der Waals surface area contributed by atoms with Crippen LogP contribution in [-0.2, 0) is 20.7 Å². The Balaban J connectivity index is 2.64. The number of benzene rings is 1.